The molecule has 0 atom stereocenters. The number of aliphatic hydroxyl groups excluding tert-OH is 1. The molecule has 1 aromatic rings. The monoisotopic (exact) mass is 277 g/mol. The zero-order valence-electron chi connectivity index (χ0n) is 10.8. The summed E-state index contributed by atoms with van der Waals surface area (Å²) in [6.07, 6.45) is 0.770. The topological polar surface area (TPSA) is 92.2 Å². The van der Waals surface area contributed by atoms with Crippen molar-refractivity contribution in [3.63, 3.8) is 0 Å². The second kappa shape index (κ2) is 6.98. The molecule has 1 aromatic heterocycles. The zero-order valence-corrected chi connectivity index (χ0v) is 10.8. The van der Waals surface area contributed by atoms with Gasteiger partial charge in [-0.1, -0.05) is 6.92 Å². The Bertz CT molecular complexity index is 406. The average Bonchev–Trinajstić information content (AvgIpc) is 2.42. The standard InChI is InChI=1S/C10H17F2N5O2/c1-3-4-19-9-16-7(13-2)15-8(17-9)14-5-10(11,12)6-18/h18H,3-6H2,1-2H3,(H2,13,14,15,16,17). The first kappa shape index (κ1) is 15.3. The highest BCUT2D eigenvalue weighted by molar-refractivity contribution is 5.35. The smallest absolute Gasteiger partial charge is 0.323 e. The van der Waals surface area contributed by atoms with Crippen LogP contribution in [-0.2, 0) is 0 Å². The van der Waals surface area contributed by atoms with Crippen LogP contribution in [0.25, 0.3) is 0 Å². The lowest BCUT2D eigenvalue weighted by atomic mass is 10.3. The van der Waals surface area contributed by atoms with E-state index in [0.717, 1.165) is 6.42 Å². The van der Waals surface area contributed by atoms with Crippen molar-refractivity contribution in [2.45, 2.75) is 19.3 Å². The Labute approximate surface area is 109 Å². The van der Waals surface area contributed by atoms with Crippen LogP contribution in [0.15, 0.2) is 0 Å². The maximum Gasteiger partial charge on any atom is 0.323 e. The molecule has 0 saturated heterocycles. The molecule has 0 aromatic carbocycles. The number of nitrogens with one attached hydrogen (secondary N) is 2. The van der Waals surface area contributed by atoms with E-state index in [-0.39, 0.29) is 17.9 Å². The summed E-state index contributed by atoms with van der Waals surface area (Å²) in [5, 5.41) is 13.5. The summed E-state index contributed by atoms with van der Waals surface area (Å²) in [7, 11) is 1.59. The van der Waals surface area contributed by atoms with Crippen LogP contribution >= 0.6 is 0 Å². The summed E-state index contributed by atoms with van der Waals surface area (Å²) >= 11 is 0. The van der Waals surface area contributed by atoms with Gasteiger partial charge in [-0.05, 0) is 6.42 Å². The van der Waals surface area contributed by atoms with E-state index >= 15 is 0 Å². The van der Waals surface area contributed by atoms with Gasteiger partial charge in [0.25, 0.3) is 5.92 Å². The molecule has 108 valence electrons. The lowest BCUT2D eigenvalue weighted by Gasteiger charge is -2.14. The van der Waals surface area contributed by atoms with Crippen molar-refractivity contribution in [3.8, 4) is 6.01 Å². The Hall–Kier alpha value is -1.77. The van der Waals surface area contributed by atoms with E-state index in [4.69, 9.17) is 9.84 Å². The minimum Gasteiger partial charge on any atom is -0.463 e. The van der Waals surface area contributed by atoms with Crippen molar-refractivity contribution >= 4 is 11.9 Å². The highest BCUT2D eigenvalue weighted by Gasteiger charge is 2.27. The molecule has 9 heteroatoms. The molecule has 0 aliphatic heterocycles. The maximum atomic E-state index is 12.9. The van der Waals surface area contributed by atoms with E-state index in [2.05, 4.69) is 25.6 Å². The third-order valence-corrected chi connectivity index (χ3v) is 2.01. The van der Waals surface area contributed by atoms with E-state index in [9.17, 15) is 8.78 Å². The van der Waals surface area contributed by atoms with Gasteiger partial charge in [-0.15, -0.1) is 0 Å². The predicted octanol–water partition coefficient (Wildman–Crippen LogP) is 0.742. The number of anilines is 2. The number of hydrogen-bond acceptors (Lipinski definition) is 7. The number of alkyl halides is 2. The van der Waals surface area contributed by atoms with Crippen molar-refractivity contribution < 1.29 is 18.6 Å². The molecule has 0 fully saturated rings. The number of hydrogen-bond donors (Lipinski definition) is 3. The summed E-state index contributed by atoms with van der Waals surface area (Å²) in [4.78, 5) is 11.6. The van der Waals surface area contributed by atoms with Gasteiger partial charge < -0.3 is 20.5 Å². The third-order valence-electron chi connectivity index (χ3n) is 2.01. The number of nitrogens with zero attached hydrogens (tertiary/aromatic N) is 3. The minimum atomic E-state index is -3.24. The Morgan fingerprint density at radius 2 is 1.95 bits per heavy atom. The van der Waals surface area contributed by atoms with E-state index in [1.807, 2.05) is 6.92 Å². The molecule has 0 saturated carbocycles. The van der Waals surface area contributed by atoms with Crippen molar-refractivity contribution in [1.29, 1.82) is 0 Å². The normalized spacial score (nSPS) is 11.2. The fraction of sp³-hybridized carbons (Fsp3) is 0.700. The summed E-state index contributed by atoms with van der Waals surface area (Å²) in [6, 6.07) is 0.0519. The molecule has 7 nitrogen and oxygen atoms in total. The molecule has 19 heavy (non-hydrogen) atoms. The van der Waals surface area contributed by atoms with Crippen LogP contribution in [0.4, 0.5) is 20.7 Å². The van der Waals surface area contributed by atoms with Crippen LogP contribution in [0.1, 0.15) is 13.3 Å². The van der Waals surface area contributed by atoms with Gasteiger partial charge in [-0.3, -0.25) is 0 Å². The first-order chi connectivity index (χ1) is 9.00. The molecular formula is C10H17F2N5O2. The first-order valence-corrected chi connectivity index (χ1v) is 5.80. The Morgan fingerprint density at radius 3 is 2.53 bits per heavy atom. The van der Waals surface area contributed by atoms with Crippen molar-refractivity contribution in [3.05, 3.63) is 0 Å². The molecule has 1 rings (SSSR count). The van der Waals surface area contributed by atoms with E-state index in [1.165, 1.54) is 0 Å². The zero-order chi connectivity index (χ0) is 14.3. The fourth-order valence-corrected chi connectivity index (χ4v) is 1.07. The van der Waals surface area contributed by atoms with Gasteiger partial charge in [0.05, 0.1) is 13.2 Å². The summed E-state index contributed by atoms with van der Waals surface area (Å²) in [5.41, 5.74) is 0. The second-order valence-corrected chi connectivity index (χ2v) is 3.73. The summed E-state index contributed by atoms with van der Waals surface area (Å²) in [5.74, 6) is -3.08. The van der Waals surface area contributed by atoms with Crippen molar-refractivity contribution in [1.82, 2.24) is 15.0 Å². The van der Waals surface area contributed by atoms with E-state index < -0.39 is 19.1 Å². The average molecular weight is 277 g/mol. The van der Waals surface area contributed by atoms with Crippen molar-refractivity contribution in [2.75, 3.05) is 37.4 Å². The van der Waals surface area contributed by atoms with Gasteiger partial charge in [-0.25, -0.2) is 8.78 Å². The molecule has 0 radical (unpaired) electrons. The van der Waals surface area contributed by atoms with Crippen LogP contribution in [0, 0.1) is 0 Å². The Morgan fingerprint density at radius 1 is 1.26 bits per heavy atom. The molecule has 0 aliphatic rings. The molecule has 0 unspecified atom stereocenters. The van der Waals surface area contributed by atoms with Crippen LogP contribution in [0.2, 0.25) is 0 Å². The number of aromatic nitrogens is 3. The highest BCUT2D eigenvalue weighted by atomic mass is 19.3. The summed E-state index contributed by atoms with van der Waals surface area (Å²) in [6.45, 7) is 0.313. The van der Waals surface area contributed by atoms with Gasteiger partial charge in [-0.2, -0.15) is 15.0 Å². The third kappa shape index (κ3) is 5.16. The van der Waals surface area contributed by atoms with Crippen LogP contribution < -0.4 is 15.4 Å². The van der Waals surface area contributed by atoms with Gasteiger partial charge in [0.15, 0.2) is 0 Å². The van der Waals surface area contributed by atoms with Crippen LogP contribution in [0.3, 0.4) is 0 Å². The number of halogens is 2. The predicted molar refractivity (Wildman–Crippen MR) is 65.7 cm³/mol. The maximum absolute atomic E-state index is 12.9. The largest absolute Gasteiger partial charge is 0.463 e. The molecule has 0 amide bonds. The van der Waals surface area contributed by atoms with Crippen LogP contribution in [-0.4, -0.2) is 52.8 Å². The quantitative estimate of drug-likeness (QED) is 0.645. The SMILES string of the molecule is CCCOc1nc(NC)nc(NCC(F)(F)CO)n1. The van der Waals surface area contributed by atoms with Gasteiger partial charge in [0, 0.05) is 7.05 Å². The Kier molecular flexibility index (Phi) is 5.61. The highest BCUT2D eigenvalue weighted by Crippen LogP contribution is 2.15. The lowest BCUT2D eigenvalue weighted by Crippen LogP contribution is -2.31. The Balaban J connectivity index is 2.76. The van der Waals surface area contributed by atoms with Crippen molar-refractivity contribution in [2.24, 2.45) is 0 Å². The molecule has 0 spiro atoms. The first-order valence-electron chi connectivity index (χ1n) is 5.80. The second-order valence-electron chi connectivity index (χ2n) is 3.73. The van der Waals surface area contributed by atoms with E-state index in [1.54, 1.807) is 7.05 Å². The molecule has 0 bridgehead atoms. The number of ether oxygens (including phenoxy) is 1. The number of aliphatic hydroxyl groups is 1. The van der Waals surface area contributed by atoms with Gasteiger partial charge in [0.2, 0.25) is 11.9 Å². The number of rotatable bonds is 8. The molecule has 3 N–H and O–H groups in total. The summed E-state index contributed by atoms with van der Waals surface area (Å²) < 4.78 is 31.0. The molecule has 1 heterocycles. The minimum absolute atomic E-state index is 0.0430. The van der Waals surface area contributed by atoms with Gasteiger partial charge >= 0.3 is 6.01 Å². The van der Waals surface area contributed by atoms with E-state index in [0.29, 0.717) is 6.61 Å². The molecular weight excluding hydrogens is 260 g/mol. The van der Waals surface area contributed by atoms with Crippen LogP contribution in [0.5, 0.6) is 6.01 Å². The fourth-order valence-electron chi connectivity index (χ4n) is 1.07. The van der Waals surface area contributed by atoms with Gasteiger partial charge in [0.1, 0.15) is 6.61 Å². The molecule has 0 aliphatic carbocycles. The lowest BCUT2D eigenvalue weighted by molar-refractivity contribution is -0.0374.